The molecule has 1 atom stereocenters. The molecule has 0 aromatic heterocycles. The fraction of sp³-hybridized carbons (Fsp3) is 0.700. The first-order chi connectivity index (χ1) is 18.3. The van der Waals surface area contributed by atoms with Gasteiger partial charge in [-0.2, -0.15) is 74.6 Å². The largest absolute Gasteiger partial charge is 0.460 e. The number of ether oxygens (including phenoxy) is 3. The highest BCUT2D eigenvalue weighted by molar-refractivity contribution is 5.87. The Labute approximate surface area is 223 Å². The van der Waals surface area contributed by atoms with Crippen LogP contribution in [0.2, 0.25) is 0 Å². The maximum Gasteiger partial charge on any atom is 0.460 e. The first kappa shape index (κ1) is 39.2. The van der Waals surface area contributed by atoms with Crippen molar-refractivity contribution in [1.29, 1.82) is 0 Å². The molecule has 0 spiro atoms. The van der Waals surface area contributed by atoms with Crippen LogP contribution < -0.4 is 0 Å². The normalized spacial score (nSPS) is 15.2. The smallest absolute Gasteiger partial charge is 0.456 e. The average Bonchev–Trinajstić information content (AvgIpc) is 2.80. The number of carbonyl (C=O) groups excluding carboxylic acids is 2. The van der Waals surface area contributed by atoms with E-state index in [0.29, 0.717) is 0 Å². The molecule has 246 valence electrons. The fourth-order valence-corrected chi connectivity index (χ4v) is 2.27. The van der Waals surface area contributed by atoms with E-state index in [0.717, 1.165) is 13.8 Å². The van der Waals surface area contributed by atoms with Gasteiger partial charge in [0.1, 0.15) is 0 Å². The van der Waals surface area contributed by atoms with Crippen molar-refractivity contribution >= 4 is 11.9 Å². The third kappa shape index (κ3) is 6.87. The lowest BCUT2D eigenvalue weighted by Crippen LogP contribution is -2.74. The Kier molecular flexibility index (Phi) is 11.2. The quantitative estimate of drug-likeness (QED) is 0.0823. The average molecular weight is 660 g/mol. The minimum Gasteiger partial charge on any atom is -0.456 e. The van der Waals surface area contributed by atoms with Crippen LogP contribution in [0.15, 0.2) is 24.3 Å². The summed E-state index contributed by atoms with van der Waals surface area (Å²) in [5.41, 5.74) is -0.785. The van der Waals surface area contributed by atoms with Gasteiger partial charge in [-0.3, -0.25) is 0 Å². The number of halogens is 17. The van der Waals surface area contributed by atoms with E-state index in [1.165, 1.54) is 0 Å². The van der Waals surface area contributed by atoms with Crippen LogP contribution in [0, 0.1) is 0 Å². The van der Waals surface area contributed by atoms with Crippen LogP contribution in [0.3, 0.4) is 0 Å². The van der Waals surface area contributed by atoms with Crippen LogP contribution >= 0.6 is 0 Å². The SMILES string of the molecule is C=C(C)C(=O)OCC(OCCC(F)(F)C(F)(F)C(F)(F)C(F)(F)C(F)(F)C(F)(F)C(F)(F)C(F)(F)F)OC(=O)C(=C)C. The Balaban J connectivity index is 6.22. The summed E-state index contributed by atoms with van der Waals surface area (Å²) in [7, 11) is 0. The summed E-state index contributed by atoms with van der Waals surface area (Å²) in [6.07, 6.45) is -13.1. The molecular weight excluding hydrogens is 643 g/mol. The molecule has 0 radical (unpaired) electrons. The summed E-state index contributed by atoms with van der Waals surface area (Å²) in [5, 5.41) is 0. The van der Waals surface area contributed by atoms with Gasteiger partial charge in [0.05, 0.1) is 6.61 Å². The number of carbonyl (C=O) groups is 2. The molecule has 0 aliphatic carbocycles. The molecule has 0 saturated heterocycles. The lowest BCUT2D eigenvalue weighted by Gasteiger charge is -2.42. The van der Waals surface area contributed by atoms with Crippen molar-refractivity contribution in [2.75, 3.05) is 13.2 Å². The Bertz CT molecular complexity index is 1030. The van der Waals surface area contributed by atoms with E-state index in [1.54, 1.807) is 0 Å². The van der Waals surface area contributed by atoms with Crippen molar-refractivity contribution in [3.63, 3.8) is 0 Å². The van der Waals surface area contributed by atoms with Crippen molar-refractivity contribution in [2.24, 2.45) is 0 Å². The molecule has 0 heterocycles. The minimum atomic E-state index is -8.74. The molecule has 22 heteroatoms. The summed E-state index contributed by atoms with van der Waals surface area (Å²) < 4.78 is 239. The minimum absolute atomic E-state index is 0.329. The predicted molar refractivity (Wildman–Crippen MR) is 102 cm³/mol. The zero-order valence-corrected chi connectivity index (χ0v) is 20.6. The van der Waals surface area contributed by atoms with E-state index in [1.807, 2.05) is 0 Å². The molecule has 0 rings (SSSR count). The van der Waals surface area contributed by atoms with Gasteiger partial charge in [-0.1, -0.05) is 13.2 Å². The van der Waals surface area contributed by atoms with Crippen molar-refractivity contribution in [1.82, 2.24) is 0 Å². The first-order valence-corrected chi connectivity index (χ1v) is 10.3. The Morgan fingerprint density at radius 3 is 1.31 bits per heavy atom. The topological polar surface area (TPSA) is 61.8 Å². The van der Waals surface area contributed by atoms with Gasteiger partial charge in [0, 0.05) is 17.6 Å². The zero-order valence-electron chi connectivity index (χ0n) is 20.6. The van der Waals surface area contributed by atoms with Crippen molar-refractivity contribution < 1.29 is 98.4 Å². The van der Waals surface area contributed by atoms with Crippen LogP contribution in [-0.4, -0.2) is 79.1 Å². The van der Waals surface area contributed by atoms with E-state index < -0.39 is 91.1 Å². The standard InChI is InChI=1S/C20H17F17O5/c1-8(2)11(38)41-7-10(42-12(39)9(3)4)40-6-5-13(21,22)14(23,24)15(25,26)16(27,28)17(29,30)18(31,32)19(33,34)20(35,36)37/h10H,1,3,5-7H2,2,4H3. The second-order valence-electron chi connectivity index (χ2n) is 8.26. The molecule has 5 nitrogen and oxygen atoms in total. The molecule has 0 saturated carbocycles. The number of hydrogen-bond donors (Lipinski definition) is 0. The van der Waals surface area contributed by atoms with Gasteiger partial charge in [0.2, 0.25) is 6.29 Å². The summed E-state index contributed by atoms with van der Waals surface area (Å²) >= 11 is 0. The lowest BCUT2D eigenvalue weighted by atomic mass is 9.88. The molecular formula is C20H17F17O5. The second-order valence-corrected chi connectivity index (χ2v) is 8.26. The monoisotopic (exact) mass is 660 g/mol. The van der Waals surface area contributed by atoms with Gasteiger partial charge in [0.25, 0.3) is 0 Å². The molecule has 0 aliphatic rings. The van der Waals surface area contributed by atoms with Gasteiger partial charge in [-0.05, 0) is 13.8 Å². The first-order valence-electron chi connectivity index (χ1n) is 10.3. The van der Waals surface area contributed by atoms with E-state index in [-0.39, 0.29) is 5.57 Å². The van der Waals surface area contributed by atoms with E-state index in [2.05, 4.69) is 27.4 Å². The third-order valence-corrected chi connectivity index (χ3v) is 4.79. The van der Waals surface area contributed by atoms with Crippen LogP contribution in [0.1, 0.15) is 20.3 Å². The van der Waals surface area contributed by atoms with Crippen LogP contribution in [-0.2, 0) is 23.8 Å². The molecule has 42 heavy (non-hydrogen) atoms. The molecule has 0 bridgehead atoms. The number of alkyl halides is 17. The summed E-state index contributed by atoms with van der Waals surface area (Å²) in [6, 6.07) is 0. The highest BCUT2D eigenvalue weighted by Gasteiger charge is 2.95. The van der Waals surface area contributed by atoms with E-state index in [4.69, 9.17) is 0 Å². The third-order valence-electron chi connectivity index (χ3n) is 4.79. The summed E-state index contributed by atoms with van der Waals surface area (Å²) in [4.78, 5) is 22.9. The number of esters is 2. The van der Waals surface area contributed by atoms with Crippen LogP contribution in [0.5, 0.6) is 0 Å². The van der Waals surface area contributed by atoms with Crippen molar-refractivity contribution in [3.8, 4) is 0 Å². The van der Waals surface area contributed by atoms with Crippen LogP contribution in [0.25, 0.3) is 0 Å². The summed E-state index contributed by atoms with van der Waals surface area (Å²) in [5.74, 6) is -60.1. The second kappa shape index (κ2) is 12.1. The van der Waals surface area contributed by atoms with E-state index in [9.17, 15) is 84.2 Å². The van der Waals surface area contributed by atoms with Gasteiger partial charge in [-0.15, -0.1) is 0 Å². The maximum atomic E-state index is 14.0. The molecule has 0 aliphatic heterocycles. The summed E-state index contributed by atoms with van der Waals surface area (Å²) in [6.45, 7) is 4.84. The molecule has 0 amide bonds. The van der Waals surface area contributed by atoms with E-state index >= 15 is 0 Å². The van der Waals surface area contributed by atoms with Crippen molar-refractivity contribution in [2.45, 2.75) is 74.2 Å². The highest BCUT2D eigenvalue weighted by atomic mass is 19.4. The molecule has 0 N–H and O–H groups in total. The van der Waals surface area contributed by atoms with Gasteiger partial charge in [-0.25, -0.2) is 9.59 Å². The number of hydrogen-bond acceptors (Lipinski definition) is 5. The van der Waals surface area contributed by atoms with Gasteiger partial charge >= 0.3 is 59.6 Å². The molecule has 1 unspecified atom stereocenters. The van der Waals surface area contributed by atoms with Crippen LogP contribution in [0.4, 0.5) is 74.6 Å². The fourth-order valence-electron chi connectivity index (χ4n) is 2.27. The Morgan fingerprint density at radius 2 is 0.952 bits per heavy atom. The van der Waals surface area contributed by atoms with Crippen molar-refractivity contribution in [3.05, 3.63) is 24.3 Å². The molecule has 0 fully saturated rings. The predicted octanol–water partition coefficient (Wildman–Crippen LogP) is 6.97. The zero-order chi connectivity index (χ0) is 34.1. The Hall–Kier alpha value is -2.81. The number of rotatable bonds is 15. The molecule has 0 aromatic rings. The Morgan fingerprint density at radius 1 is 0.595 bits per heavy atom. The van der Waals surface area contributed by atoms with Gasteiger partial charge in [0.15, 0.2) is 6.61 Å². The highest BCUT2D eigenvalue weighted by Crippen LogP contribution is 2.64. The maximum absolute atomic E-state index is 14.0. The lowest BCUT2D eigenvalue weighted by molar-refractivity contribution is -0.462. The van der Waals surface area contributed by atoms with Gasteiger partial charge < -0.3 is 14.2 Å². The molecule has 0 aromatic carbocycles.